The molecule has 2 heterocycles. The van der Waals surface area contributed by atoms with Crippen LogP contribution in [0.25, 0.3) is 0 Å². The van der Waals surface area contributed by atoms with Gasteiger partial charge in [-0.2, -0.15) is 0 Å². The van der Waals surface area contributed by atoms with Crippen LogP contribution in [0.4, 0.5) is 0 Å². The number of rotatable bonds is 4. The topological polar surface area (TPSA) is 41.6 Å². The predicted molar refractivity (Wildman–Crippen MR) is 76.0 cm³/mol. The number of hydrogen-bond acceptors (Lipinski definition) is 3. The number of likely N-dealkylation sites (tertiary alicyclic amines) is 1. The van der Waals surface area contributed by atoms with Crippen molar-refractivity contribution in [3.63, 3.8) is 0 Å². The fraction of sp³-hybridized carbons (Fsp3) is 0.933. The number of carbonyl (C=O) groups is 1. The number of nitrogens with zero attached hydrogens (tertiary/aromatic N) is 1. The van der Waals surface area contributed by atoms with E-state index >= 15 is 0 Å². The van der Waals surface area contributed by atoms with Gasteiger partial charge in [-0.15, -0.1) is 0 Å². The van der Waals surface area contributed by atoms with Gasteiger partial charge in [-0.05, 0) is 50.6 Å². The minimum absolute atomic E-state index is 0.181. The maximum Gasteiger partial charge on any atom is 0.248 e. The predicted octanol–water partition coefficient (Wildman–Crippen LogP) is 1.65. The van der Waals surface area contributed by atoms with Crippen LogP contribution in [0.3, 0.4) is 0 Å². The molecule has 4 heteroatoms. The molecule has 0 aromatic rings. The van der Waals surface area contributed by atoms with Crippen molar-refractivity contribution in [2.45, 2.75) is 45.6 Å². The number of ether oxygens (including phenoxy) is 1. The molecular weight excluding hydrogens is 240 g/mol. The molecule has 2 aliphatic heterocycles. The van der Waals surface area contributed by atoms with Gasteiger partial charge in [0.1, 0.15) is 6.61 Å². The maximum absolute atomic E-state index is 12.1. The molecule has 2 fully saturated rings. The van der Waals surface area contributed by atoms with Crippen molar-refractivity contribution < 1.29 is 9.53 Å². The third-order valence-electron chi connectivity index (χ3n) is 4.56. The summed E-state index contributed by atoms with van der Waals surface area (Å²) < 4.78 is 5.74. The average Bonchev–Trinajstić information content (AvgIpc) is 2.46. The number of carbonyl (C=O) groups excluding carboxylic acids is 1. The summed E-state index contributed by atoms with van der Waals surface area (Å²) in [5.41, 5.74) is 0. The molecule has 0 aromatic carbocycles. The molecule has 110 valence electrons. The third-order valence-corrected chi connectivity index (χ3v) is 4.56. The summed E-state index contributed by atoms with van der Waals surface area (Å²) in [6.07, 6.45) is 4.64. The van der Waals surface area contributed by atoms with Crippen molar-refractivity contribution in [1.82, 2.24) is 10.2 Å². The Morgan fingerprint density at radius 2 is 1.84 bits per heavy atom. The SMILES string of the molecule is CC(C)C1CCN(C(=O)COC2CCNCC2)CC1. The van der Waals surface area contributed by atoms with Gasteiger partial charge in [-0.25, -0.2) is 0 Å². The van der Waals surface area contributed by atoms with E-state index in [4.69, 9.17) is 4.74 Å². The molecule has 19 heavy (non-hydrogen) atoms. The van der Waals surface area contributed by atoms with Gasteiger partial charge in [0.15, 0.2) is 0 Å². The smallest absolute Gasteiger partial charge is 0.248 e. The Hall–Kier alpha value is -0.610. The Bertz CT molecular complexity index is 280. The van der Waals surface area contributed by atoms with Crippen LogP contribution >= 0.6 is 0 Å². The van der Waals surface area contributed by atoms with Crippen LogP contribution in [0.5, 0.6) is 0 Å². The molecular formula is C15H28N2O2. The second-order valence-electron chi connectivity index (χ2n) is 6.22. The molecule has 0 aromatic heterocycles. The number of nitrogens with one attached hydrogen (secondary N) is 1. The monoisotopic (exact) mass is 268 g/mol. The van der Waals surface area contributed by atoms with Crippen LogP contribution in [0, 0.1) is 11.8 Å². The lowest BCUT2D eigenvalue weighted by atomic mass is 9.87. The third kappa shape index (κ3) is 4.46. The van der Waals surface area contributed by atoms with Gasteiger partial charge < -0.3 is 15.0 Å². The largest absolute Gasteiger partial charge is 0.368 e. The second kappa shape index (κ2) is 7.25. The summed E-state index contributed by atoms with van der Waals surface area (Å²) in [5, 5.41) is 3.31. The lowest BCUT2D eigenvalue weighted by molar-refractivity contribution is -0.140. The van der Waals surface area contributed by atoms with E-state index in [1.165, 1.54) is 0 Å². The zero-order chi connectivity index (χ0) is 13.7. The Balaban J connectivity index is 1.66. The van der Waals surface area contributed by atoms with E-state index in [1.54, 1.807) is 0 Å². The first-order valence-electron chi connectivity index (χ1n) is 7.77. The highest BCUT2D eigenvalue weighted by atomic mass is 16.5. The van der Waals surface area contributed by atoms with Crippen LogP contribution in [-0.4, -0.2) is 49.7 Å². The zero-order valence-electron chi connectivity index (χ0n) is 12.4. The van der Waals surface area contributed by atoms with E-state index in [0.29, 0.717) is 0 Å². The van der Waals surface area contributed by atoms with Gasteiger partial charge in [-0.1, -0.05) is 13.8 Å². The fourth-order valence-corrected chi connectivity index (χ4v) is 3.06. The highest BCUT2D eigenvalue weighted by Gasteiger charge is 2.25. The summed E-state index contributed by atoms with van der Waals surface area (Å²) in [7, 11) is 0. The summed E-state index contributed by atoms with van der Waals surface area (Å²) in [5.74, 6) is 1.71. The van der Waals surface area contributed by atoms with Gasteiger partial charge >= 0.3 is 0 Å². The van der Waals surface area contributed by atoms with Crippen molar-refractivity contribution in [3.8, 4) is 0 Å². The molecule has 2 aliphatic rings. The molecule has 4 nitrogen and oxygen atoms in total. The second-order valence-corrected chi connectivity index (χ2v) is 6.22. The molecule has 0 atom stereocenters. The molecule has 2 saturated heterocycles. The van der Waals surface area contributed by atoms with E-state index in [2.05, 4.69) is 19.2 Å². The van der Waals surface area contributed by atoms with Gasteiger partial charge in [0.05, 0.1) is 6.10 Å². The molecule has 0 unspecified atom stereocenters. The van der Waals surface area contributed by atoms with E-state index in [0.717, 1.165) is 63.7 Å². The first-order valence-corrected chi connectivity index (χ1v) is 7.77. The quantitative estimate of drug-likeness (QED) is 0.843. The van der Waals surface area contributed by atoms with Crippen molar-refractivity contribution in [3.05, 3.63) is 0 Å². The summed E-state index contributed by atoms with van der Waals surface area (Å²) in [4.78, 5) is 14.1. The molecule has 0 saturated carbocycles. The number of piperidine rings is 2. The minimum atomic E-state index is 0.181. The molecule has 0 bridgehead atoms. The van der Waals surface area contributed by atoms with Gasteiger partial charge in [0.2, 0.25) is 5.91 Å². The lowest BCUT2D eigenvalue weighted by Gasteiger charge is -2.34. The number of amides is 1. The summed E-state index contributed by atoms with van der Waals surface area (Å²) >= 11 is 0. The Kier molecular flexibility index (Phi) is 5.64. The van der Waals surface area contributed by atoms with Gasteiger partial charge in [0, 0.05) is 13.1 Å². The molecule has 2 rings (SSSR count). The molecule has 1 amide bonds. The van der Waals surface area contributed by atoms with Crippen molar-refractivity contribution in [2.75, 3.05) is 32.8 Å². The van der Waals surface area contributed by atoms with E-state index in [9.17, 15) is 4.79 Å². The van der Waals surface area contributed by atoms with Crippen molar-refractivity contribution in [2.24, 2.45) is 11.8 Å². The summed E-state index contributed by atoms with van der Waals surface area (Å²) in [6, 6.07) is 0. The van der Waals surface area contributed by atoms with Crippen LogP contribution in [0.15, 0.2) is 0 Å². The molecule has 0 spiro atoms. The minimum Gasteiger partial charge on any atom is -0.368 e. The van der Waals surface area contributed by atoms with Crippen LogP contribution in [0.2, 0.25) is 0 Å². The molecule has 1 N–H and O–H groups in total. The van der Waals surface area contributed by atoms with Crippen LogP contribution < -0.4 is 5.32 Å². The summed E-state index contributed by atoms with van der Waals surface area (Å²) in [6.45, 7) is 8.69. The van der Waals surface area contributed by atoms with Crippen LogP contribution in [0.1, 0.15) is 39.5 Å². The van der Waals surface area contributed by atoms with E-state index in [-0.39, 0.29) is 18.6 Å². The normalized spacial score (nSPS) is 23.0. The Morgan fingerprint density at radius 3 is 2.42 bits per heavy atom. The average molecular weight is 268 g/mol. The maximum atomic E-state index is 12.1. The van der Waals surface area contributed by atoms with Gasteiger partial charge in [-0.3, -0.25) is 4.79 Å². The highest BCUT2D eigenvalue weighted by Crippen LogP contribution is 2.24. The number of hydrogen-bond donors (Lipinski definition) is 1. The van der Waals surface area contributed by atoms with Crippen molar-refractivity contribution in [1.29, 1.82) is 0 Å². The zero-order valence-corrected chi connectivity index (χ0v) is 12.4. The Labute approximate surface area is 116 Å². The van der Waals surface area contributed by atoms with Gasteiger partial charge in [0.25, 0.3) is 0 Å². The standard InChI is InChI=1S/C15H28N2O2/c1-12(2)13-5-9-17(10-6-13)15(18)11-19-14-3-7-16-8-4-14/h12-14,16H,3-11H2,1-2H3. The fourth-order valence-electron chi connectivity index (χ4n) is 3.06. The van der Waals surface area contributed by atoms with E-state index < -0.39 is 0 Å². The Morgan fingerprint density at radius 1 is 1.21 bits per heavy atom. The first kappa shape index (κ1) is 14.8. The lowest BCUT2D eigenvalue weighted by Crippen LogP contribution is -2.42. The van der Waals surface area contributed by atoms with Crippen LogP contribution in [-0.2, 0) is 9.53 Å². The van der Waals surface area contributed by atoms with E-state index in [1.807, 2.05) is 4.90 Å². The highest BCUT2D eigenvalue weighted by molar-refractivity contribution is 5.77. The molecule has 0 radical (unpaired) electrons. The first-order chi connectivity index (χ1) is 9.16. The van der Waals surface area contributed by atoms with Crippen molar-refractivity contribution >= 4 is 5.91 Å². The molecule has 0 aliphatic carbocycles.